The summed E-state index contributed by atoms with van der Waals surface area (Å²) in [6.07, 6.45) is 12.0. The van der Waals surface area contributed by atoms with Crippen LogP contribution in [0.15, 0.2) is 35.4 Å². The van der Waals surface area contributed by atoms with Crippen LogP contribution >= 0.6 is 0 Å². The average molecular weight is 404 g/mol. The van der Waals surface area contributed by atoms with Crippen molar-refractivity contribution in [3.05, 3.63) is 35.4 Å². The quantitative estimate of drug-likeness (QED) is 0.516. The number of rotatable bonds is 6. The topological polar surface area (TPSA) is 40.5 Å². The lowest BCUT2D eigenvalue weighted by atomic mass is 9.60. The van der Waals surface area contributed by atoms with Gasteiger partial charge in [-0.1, -0.05) is 56.5 Å². The first kappa shape index (κ1) is 18.9. The Morgan fingerprint density at radius 2 is 2.14 bits per heavy atom. The second-order valence-corrected chi connectivity index (χ2v) is 11.0. The minimum Gasteiger partial charge on any atom is -0.393 e. The van der Waals surface area contributed by atoms with Gasteiger partial charge in [-0.2, -0.15) is 0 Å². The highest BCUT2D eigenvalue weighted by molar-refractivity contribution is 5.36. The molecule has 2 heteroatoms. The molecule has 3 rings (SSSR count). The summed E-state index contributed by atoms with van der Waals surface area (Å²) in [5.74, 6) is 1.82. The first-order valence-electron chi connectivity index (χ1n) is 13.4. The Morgan fingerprint density at radius 1 is 1.34 bits per heavy atom. The maximum absolute atomic E-state index is 10.1. The summed E-state index contributed by atoms with van der Waals surface area (Å²) in [5, 5.41) is 20.2. The molecule has 2 N–H and O–H groups in total. The Balaban J connectivity index is 1.79. The van der Waals surface area contributed by atoms with Crippen LogP contribution in [-0.2, 0) is 0 Å². The normalized spacial score (nSPS) is 38.8. The second-order valence-electron chi connectivity index (χ2n) is 11.0. The van der Waals surface area contributed by atoms with Crippen LogP contribution in [0.25, 0.3) is 0 Å². The zero-order valence-corrected chi connectivity index (χ0v) is 19.1. The highest BCUT2D eigenvalue weighted by Crippen LogP contribution is 2.60. The number of hydrogen-bond donors (Lipinski definition) is 2. The monoisotopic (exact) mass is 403 g/mol. The van der Waals surface area contributed by atoms with Crippen molar-refractivity contribution in [2.45, 2.75) is 110 Å². The van der Waals surface area contributed by atoms with E-state index in [1.807, 2.05) is 19.9 Å². The number of aliphatic hydroxyl groups is 2. The van der Waals surface area contributed by atoms with Crippen LogP contribution in [0.4, 0.5) is 0 Å². The fourth-order valence-electron chi connectivity index (χ4n) is 6.49. The fraction of sp³-hybridized carbons (Fsp3) is 0.778. The third-order valence-corrected chi connectivity index (χ3v) is 8.14. The van der Waals surface area contributed by atoms with Crippen molar-refractivity contribution in [3.63, 3.8) is 0 Å². The van der Waals surface area contributed by atoms with Gasteiger partial charge < -0.3 is 10.2 Å². The van der Waals surface area contributed by atoms with Crippen LogP contribution in [-0.4, -0.2) is 21.9 Å². The molecule has 0 aromatic carbocycles. The zero-order valence-electron chi connectivity index (χ0n) is 22.1. The lowest BCUT2D eigenvalue weighted by molar-refractivity contribution is 0.0596. The van der Waals surface area contributed by atoms with Crippen molar-refractivity contribution in [2.24, 2.45) is 23.2 Å². The molecule has 0 spiro atoms. The minimum absolute atomic E-state index is 0.204. The van der Waals surface area contributed by atoms with Crippen molar-refractivity contribution in [2.75, 3.05) is 0 Å². The third-order valence-electron chi connectivity index (χ3n) is 8.14. The number of fused-ring (bicyclic) bond motifs is 1. The largest absolute Gasteiger partial charge is 0.393 e. The molecular weight excluding hydrogens is 356 g/mol. The molecule has 3 fully saturated rings. The Labute approximate surface area is 183 Å². The molecule has 3 saturated carbocycles. The maximum atomic E-state index is 10.1. The molecule has 5 atom stereocenters. The Kier molecular flexibility index (Phi) is 5.92. The summed E-state index contributed by atoms with van der Waals surface area (Å²) >= 11 is 0. The van der Waals surface area contributed by atoms with Crippen LogP contribution in [0.1, 0.15) is 102 Å². The molecule has 164 valence electrons. The van der Waals surface area contributed by atoms with E-state index >= 15 is 0 Å². The molecule has 3 aliphatic carbocycles. The first-order valence-corrected chi connectivity index (χ1v) is 11.9. The van der Waals surface area contributed by atoms with Crippen molar-refractivity contribution in [1.82, 2.24) is 0 Å². The van der Waals surface area contributed by atoms with Gasteiger partial charge in [-0.25, -0.2) is 0 Å². The van der Waals surface area contributed by atoms with Gasteiger partial charge in [-0.15, -0.1) is 0 Å². The molecule has 0 bridgehead atoms. The van der Waals surface area contributed by atoms with Crippen LogP contribution in [0, 0.1) is 23.2 Å². The summed E-state index contributed by atoms with van der Waals surface area (Å²) in [6.45, 7) is 8.44. The molecule has 0 aliphatic heterocycles. The highest BCUT2D eigenvalue weighted by Gasteiger charge is 2.50. The Hall–Kier alpha value is -0.860. The molecule has 0 unspecified atom stereocenters. The number of hydrogen-bond acceptors (Lipinski definition) is 2. The lowest BCUT2D eigenvalue weighted by Crippen LogP contribution is -2.36. The molecule has 29 heavy (non-hydrogen) atoms. The Morgan fingerprint density at radius 3 is 2.86 bits per heavy atom. The molecule has 0 radical (unpaired) electrons. The van der Waals surface area contributed by atoms with E-state index in [1.165, 1.54) is 24.8 Å². The van der Waals surface area contributed by atoms with Crippen molar-refractivity contribution in [1.29, 1.82) is 0 Å². The van der Waals surface area contributed by atoms with Gasteiger partial charge in [-0.05, 0) is 100 Å². The van der Waals surface area contributed by atoms with Gasteiger partial charge in [0.25, 0.3) is 0 Å². The highest BCUT2D eigenvalue weighted by atomic mass is 16.3. The van der Waals surface area contributed by atoms with Gasteiger partial charge >= 0.3 is 0 Å². The van der Waals surface area contributed by atoms with E-state index in [-0.39, 0.29) is 11.9 Å². The summed E-state index contributed by atoms with van der Waals surface area (Å²) in [7, 11) is 0. The van der Waals surface area contributed by atoms with Gasteiger partial charge in [0, 0.05) is 0 Å². The van der Waals surface area contributed by atoms with Crippen LogP contribution in [0.3, 0.4) is 0 Å². The smallest absolute Gasteiger partial charge is 0.0626 e. The summed E-state index contributed by atoms with van der Waals surface area (Å²) in [6, 6.07) is 0.414. The predicted octanol–water partition coefficient (Wildman–Crippen LogP) is 6.73. The van der Waals surface area contributed by atoms with Crippen LogP contribution < -0.4 is 0 Å². The first-order chi connectivity index (χ1) is 14.9. The van der Waals surface area contributed by atoms with Crippen molar-refractivity contribution < 1.29 is 14.3 Å². The van der Waals surface area contributed by atoms with E-state index in [0.717, 1.165) is 32.1 Å². The lowest BCUT2D eigenvalue weighted by Gasteiger charge is -2.44. The zero-order chi connectivity index (χ0) is 23.7. The van der Waals surface area contributed by atoms with E-state index < -0.39 is 11.7 Å². The van der Waals surface area contributed by atoms with Crippen molar-refractivity contribution in [3.8, 4) is 0 Å². The molecular formula is C27H44O2. The number of aliphatic hydroxyl groups excluding tert-OH is 1. The summed E-state index contributed by atoms with van der Waals surface area (Å²) in [4.78, 5) is 0. The van der Waals surface area contributed by atoms with Crippen LogP contribution in [0.5, 0.6) is 0 Å². The van der Waals surface area contributed by atoms with E-state index in [9.17, 15) is 10.2 Å². The molecule has 0 amide bonds. The summed E-state index contributed by atoms with van der Waals surface area (Å²) in [5.41, 5.74) is 2.40. The summed E-state index contributed by atoms with van der Waals surface area (Å²) < 4.78 is 24.4. The molecule has 0 aromatic heterocycles. The van der Waals surface area contributed by atoms with Gasteiger partial charge in [0.1, 0.15) is 0 Å². The molecule has 0 heterocycles. The SMILES string of the molecule is [2H]C([2H])=C1CC[C@@H](O)C/C1=C([2H])\C=C1/CCC[C@]2(C)[C@@H]([C@H](C)CCCC(C)(C)O)CC[C@@H]12. The van der Waals surface area contributed by atoms with Crippen LogP contribution in [0.2, 0.25) is 0 Å². The predicted molar refractivity (Wildman–Crippen MR) is 123 cm³/mol. The standard InChI is InChI=1S/C27H44O2/c1-19-10-13-23(28)18-22(19)12-11-21-9-7-17-27(5)24(14-15-25(21)27)20(2)8-6-16-26(3,4)29/h11-12,20,23-25,28-29H,1,6-10,13-18H2,2-5H3/b21-11+,22-12+/t20-,23-,24-,25+,27-/m1/s1/i1D2,12D. The molecule has 2 nitrogen and oxygen atoms in total. The van der Waals surface area contributed by atoms with E-state index in [1.54, 1.807) is 0 Å². The van der Waals surface area contributed by atoms with E-state index in [2.05, 4.69) is 13.8 Å². The van der Waals surface area contributed by atoms with E-state index in [4.69, 9.17) is 4.11 Å². The number of allylic oxidation sites excluding steroid dienone is 4. The van der Waals surface area contributed by atoms with Gasteiger partial charge in [0.15, 0.2) is 0 Å². The maximum Gasteiger partial charge on any atom is 0.0626 e. The van der Waals surface area contributed by atoms with Gasteiger partial charge in [0.2, 0.25) is 0 Å². The van der Waals surface area contributed by atoms with E-state index in [0.29, 0.717) is 54.2 Å². The van der Waals surface area contributed by atoms with Gasteiger partial charge in [0.05, 0.1) is 15.8 Å². The van der Waals surface area contributed by atoms with Gasteiger partial charge in [-0.3, -0.25) is 0 Å². The molecule has 3 aliphatic rings. The second kappa shape index (κ2) is 9.10. The average Bonchev–Trinajstić information content (AvgIpc) is 3.04. The molecule has 0 saturated heterocycles. The Bertz CT molecular complexity index is 772. The molecule has 0 aromatic rings. The minimum atomic E-state index is -0.585. The van der Waals surface area contributed by atoms with Crippen molar-refractivity contribution >= 4 is 0 Å². The fourth-order valence-corrected chi connectivity index (χ4v) is 6.49. The third kappa shape index (κ3) is 5.44.